The molecule has 3 rings (SSSR count). The summed E-state index contributed by atoms with van der Waals surface area (Å²) in [6, 6.07) is 13.2. The van der Waals surface area contributed by atoms with Gasteiger partial charge in [-0.2, -0.15) is 0 Å². The number of benzene rings is 2. The Balaban J connectivity index is 1.48. The van der Waals surface area contributed by atoms with Gasteiger partial charge in [0.05, 0.1) is 6.42 Å². The number of hydrogen-bond acceptors (Lipinski definition) is 5. The number of aryl methyl sites for hydroxylation is 1. The number of fused-ring (bicyclic) bond motifs is 1. The highest BCUT2D eigenvalue weighted by Gasteiger charge is 2.19. The lowest BCUT2D eigenvalue weighted by Crippen LogP contribution is -2.35. The summed E-state index contributed by atoms with van der Waals surface area (Å²) in [5.41, 5.74) is 2.90. The summed E-state index contributed by atoms with van der Waals surface area (Å²) in [5.74, 6) is 0.494. The fourth-order valence-corrected chi connectivity index (χ4v) is 2.70. The maximum Gasteiger partial charge on any atom is 0.311 e. The molecule has 0 fully saturated rings. The van der Waals surface area contributed by atoms with Crippen LogP contribution in [0.25, 0.3) is 0 Å². The normalized spacial score (nSPS) is 13.6. The molecule has 0 bridgehead atoms. The summed E-state index contributed by atoms with van der Waals surface area (Å²) >= 11 is 0. The van der Waals surface area contributed by atoms with Gasteiger partial charge in [-0.3, -0.25) is 9.59 Å². The molecule has 1 amide bonds. The van der Waals surface area contributed by atoms with Gasteiger partial charge in [0, 0.05) is 6.54 Å². The Labute approximate surface area is 158 Å². The van der Waals surface area contributed by atoms with Gasteiger partial charge in [-0.15, -0.1) is 0 Å². The second kappa shape index (κ2) is 8.58. The summed E-state index contributed by atoms with van der Waals surface area (Å²) in [6.07, 6.45) is -0.799. The number of amides is 1. The van der Waals surface area contributed by atoms with Crippen molar-refractivity contribution in [2.24, 2.45) is 0 Å². The minimum atomic E-state index is -0.861. The second-order valence-corrected chi connectivity index (χ2v) is 6.49. The molecule has 0 radical (unpaired) electrons. The first-order valence-electron chi connectivity index (χ1n) is 8.92. The van der Waals surface area contributed by atoms with Crippen molar-refractivity contribution in [2.75, 3.05) is 13.2 Å². The lowest BCUT2D eigenvalue weighted by atomic mass is 10.1. The molecule has 142 valence electrons. The number of esters is 1. The summed E-state index contributed by atoms with van der Waals surface area (Å²) in [4.78, 5) is 24.3. The average molecular weight is 369 g/mol. The van der Waals surface area contributed by atoms with Gasteiger partial charge in [0.15, 0.2) is 17.6 Å². The van der Waals surface area contributed by atoms with Crippen LogP contribution in [-0.4, -0.2) is 31.2 Å². The number of carbonyl (C=O) groups excluding carboxylic acids is 2. The van der Waals surface area contributed by atoms with Gasteiger partial charge in [-0.25, -0.2) is 0 Å². The molecule has 0 saturated heterocycles. The number of rotatable bonds is 6. The van der Waals surface area contributed by atoms with Crippen molar-refractivity contribution in [3.63, 3.8) is 0 Å². The van der Waals surface area contributed by atoms with Crippen LogP contribution in [0.1, 0.15) is 23.6 Å². The van der Waals surface area contributed by atoms with Crippen molar-refractivity contribution in [3.8, 4) is 11.5 Å². The van der Waals surface area contributed by atoms with E-state index in [1.165, 1.54) is 0 Å². The van der Waals surface area contributed by atoms with Crippen LogP contribution in [0.3, 0.4) is 0 Å². The topological polar surface area (TPSA) is 73.9 Å². The highest BCUT2D eigenvalue weighted by Crippen LogP contribution is 2.30. The van der Waals surface area contributed by atoms with Crippen LogP contribution in [0.5, 0.6) is 11.5 Å². The third-order valence-corrected chi connectivity index (χ3v) is 4.22. The van der Waals surface area contributed by atoms with E-state index in [0.717, 1.165) is 16.7 Å². The average Bonchev–Trinajstić information content (AvgIpc) is 2.67. The second-order valence-electron chi connectivity index (χ2n) is 6.49. The first-order chi connectivity index (χ1) is 13.0. The van der Waals surface area contributed by atoms with Crippen LogP contribution in [0.2, 0.25) is 0 Å². The van der Waals surface area contributed by atoms with Crippen LogP contribution in [-0.2, 0) is 27.3 Å². The van der Waals surface area contributed by atoms with Crippen molar-refractivity contribution in [2.45, 2.75) is 32.9 Å². The van der Waals surface area contributed by atoms with Gasteiger partial charge in [0.2, 0.25) is 0 Å². The van der Waals surface area contributed by atoms with Crippen LogP contribution in [0.4, 0.5) is 0 Å². The summed E-state index contributed by atoms with van der Waals surface area (Å²) in [7, 11) is 0. The minimum absolute atomic E-state index is 0.0617. The van der Waals surface area contributed by atoms with Crippen molar-refractivity contribution in [1.29, 1.82) is 0 Å². The molecule has 6 heteroatoms. The first kappa shape index (κ1) is 18.8. The molecule has 2 aromatic rings. The molecule has 6 nitrogen and oxygen atoms in total. The van der Waals surface area contributed by atoms with E-state index >= 15 is 0 Å². The van der Waals surface area contributed by atoms with Crippen LogP contribution < -0.4 is 14.8 Å². The molecule has 0 aromatic heterocycles. The molecule has 1 aliphatic heterocycles. The largest absolute Gasteiger partial charge is 0.486 e. The van der Waals surface area contributed by atoms with Crippen molar-refractivity contribution < 1.29 is 23.8 Å². The highest BCUT2D eigenvalue weighted by atomic mass is 16.6. The maximum absolute atomic E-state index is 12.1. The Morgan fingerprint density at radius 1 is 1.04 bits per heavy atom. The Bertz CT molecular complexity index is 816. The van der Waals surface area contributed by atoms with Crippen molar-refractivity contribution >= 4 is 11.9 Å². The minimum Gasteiger partial charge on any atom is -0.486 e. The van der Waals surface area contributed by atoms with Gasteiger partial charge < -0.3 is 19.5 Å². The van der Waals surface area contributed by atoms with Crippen LogP contribution in [0.15, 0.2) is 42.5 Å². The molecule has 0 spiro atoms. The molecule has 1 atom stereocenters. The summed E-state index contributed by atoms with van der Waals surface area (Å²) < 4.78 is 16.2. The van der Waals surface area contributed by atoms with E-state index in [9.17, 15) is 9.59 Å². The predicted octanol–water partition coefficient (Wildman–Crippen LogP) is 2.56. The SMILES string of the molecule is Cc1ccc(CNC(=O)[C@H](C)OC(=O)Cc2ccc3c(c2)OCCO3)cc1. The van der Waals surface area contributed by atoms with Crippen LogP contribution >= 0.6 is 0 Å². The van der Waals surface area contributed by atoms with E-state index in [4.69, 9.17) is 14.2 Å². The fourth-order valence-electron chi connectivity index (χ4n) is 2.70. The lowest BCUT2D eigenvalue weighted by Gasteiger charge is -2.19. The number of carbonyl (C=O) groups is 2. The molecular weight excluding hydrogens is 346 g/mol. The first-order valence-corrected chi connectivity index (χ1v) is 8.92. The van der Waals surface area contributed by atoms with Crippen LogP contribution in [0, 0.1) is 6.92 Å². The molecule has 27 heavy (non-hydrogen) atoms. The Hall–Kier alpha value is -3.02. The highest BCUT2D eigenvalue weighted by molar-refractivity contribution is 5.83. The number of hydrogen-bond donors (Lipinski definition) is 1. The standard InChI is InChI=1S/C21H23NO5/c1-14-3-5-16(6-4-14)13-22-21(24)15(2)27-20(23)12-17-7-8-18-19(11-17)26-10-9-25-18/h3-8,11,15H,9-10,12-13H2,1-2H3,(H,22,24)/t15-/m0/s1. The van der Waals surface area contributed by atoms with Gasteiger partial charge in [0.25, 0.3) is 5.91 Å². The molecule has 0 aliphatic carbocycles. The zero-order valence-electron chi connectivity index (χ0n) is 15.5. The molecule has 2 aromatic carbocycles. The molecular formula is C21H23NO5. The molecule has 0 saturated carbocycles. The van der Waals surface area contributed by atoms with Crippen molar-refractivity contribution in [1.82, 2.24) is 5.32 Å². The molecule has 0 unspecified atom stereocenters. The predicted molar refractivity (Wildman–Crippen MR) is 99.7 cm³/mol. The monoisotopic (exact) mass is 369 g/mol. The van der Waals surface area contributed by atoms with E-state index < -0.39 is 12.1 Å². The summed E-state index contributed by atoms with van der Waals surface area (Å²) in [6.45, 7) is 4.96. The van der Waals surface area contributed by atoms with E-state index in [1.54, 1.807) is 25.1 Å². The number of nitrogens with one attached hydrogen (secondary N) is 1. The zero-order chi connectivity index (χ0) is 19.2. The van der Waals surface area contributed by atoms with Gasteiger partial charge in [-0.1, -0.05) is 35.9 Å². The lowest BCUT2D eigenvalue weighted by molar-refractivity contribution is -0.154. The van der Waals surface area contributed by atoms with Crippen molar-refractivity contribution in [3.05, 3.63) is 59.2 Å². The van der Waals surface area contributed by atoms with E-state index in [0.29, 0.717) is 31.3 Å². The van der Waals surface area contributed by atoms with E-state index in [1.807, 2.05) is 31.2 Å². The Morgan fingerprint density at radius 3 is 2.44 bits per heavy atom. The number of ether oxygens (including phenoxy) is 3. The molecule has 1 N–H and O–H groups in total. The molecule has 1 aliphatic rings. The third-order valence-electron chi connectivity index (χ3n) is 4.22. The summed E-state index contributed by atoms with van der Waals surface area (Å²) in [5, 5.41) is 2.78. The van der Waals surface area contributed by atoms with E-state index in [2.05, 4.69) is 5.32 Å². The Morgan fingerprint density at radius 2 is 1.70 bits per heavy atom. The van der Waals surface area contributed by atoms with Gasteiger partial charge in [0.1, 0.15) is 13.2 Å². The smallest absolute Gasteiger partial charge is 0.311 e. The molecule has 1 heterocycles. The van der Waals surface area contributed by atoms with Gasteiger partial charge in [-0.05, 0) is 37.1 Å². The zero-order valence-corrected chi connectivity index (χ0v) is 15.5. The van der Waals surface area contributed by atoms with Gasteiger partial charge >= 0.3 is 5.97 Å². The fraction of sp³-hybridized carbons (Fsp3) is 0.333. The quantitative estimate of drug-likeness (QED) is 0.792. The Kier molecular flexibility index (Phi) is 5.96. The maximum atomic E-state index is 12.1. The third kappa shape index (κ3) is 5.23. The van der Waals surface area contributed by atoms with E-state index in [-0.39, 0.29) is 12.3 Å².